The number of rotatable bonds is 7. The van der Waals surface area contributed by atoms with Crippen LogP contribution in [0.25, 0.3) is 16.2 Å². The summed E-state index contributed by atoms with van der Waals surface area (Å²) < 4.78 is 8.16. The molecule has 7 rings (SSSR count). The summed E-state index contributed by atoms with van der Waals surface area (Å²) in [4.78, 5) is 40.6. The molecular formula is C29H38N10O3S2. The van der Waals surface area contributed by atoms with E-state index >= 15 is 0 Å². The van der Waals surface area contributed by atoms with Gasteiger partial charge in [-0.25, -0.2) is 19.3 Å². The zero-order chi connectivity index (χ0) is 30.4. The monoisotopic (exact) mass is 638 g/mol. The van der Waals surface area contributed by atoms with Crippen LogP contribution in [0.2, 0.25) is 0 Å². The number of thiazole rings is 1. The first-order chi connectivity index (χ1) is 21.4. The lowest BCUT2D eigenvalue weighted by atomic mass is 9.90. The lowest BCUT2D eigenvalue weighted by Gasteiger charge is -2.42. The topological polar surface area (TPSA) is 160 Å². The van der Waals surface area contributed by atoms with Gasteiger partial charge in [-0.15, -0.1) is 23.1 Å². The highest BCUT2D eigenvalue weighted by Gasteiger charge is 2.36. The summed E-state index contributed by atoms with van der Waals surface area (Å²) in [7, 11) is 0. The van der Waals surface area contributed by atoms with Crippen LogP contribution in [0.15, 0.2) is 29.1 Å². The first-order valence-electron chi connectivity index (χ1n) is 15.3. The first kappa shape index (κ1) is 29.2. The molecule has 3 fully saturated rings. The van der Waals surface area contributed by atoms with E-state index in [0.717, 1.165) is 50.8 Å². The van der Waals surface area contributed by atoms with Crippen LogP contribution in [0.3, 0.4) is 0 Å². The number of carbonyl (C=O) groups is 2. The molecule has 3 amide bonds. The van der Waals surface area contributed by atoms with Gasteiger partial charge in [0.15, 0.2) is 5.82 Å². The number of nitrogen functional groups attached to an aromatic ring is 1. The highest BCUT2D eigenvalue weighted by molar-refractivity contribution is 8.02. The minimum absolute atomic E-state index is 0.0411. The third kappa shape index (κ3) is 5.56. The number of thioether (sulfide) groups is 1. The summed E-state index contributed by atoms with van der Waals surface area (Å²) in [5.41, 5.74) is 14.2. The molecule has 13 nitrogen and oxygen atoms in total. The fraction of sp³-hybridized carbons (Fsp3) is 0.552. The number of likely N-dealkylation sites (tertiary alicyclic amines) is 1. The third-order valence-corrected chi connectivity index (χ3v) is 11.0. The number of nitrogens with zero attached hydrogens (tertiary/aromatic N) is 7. The molecule has 0 aromatic carbocycles. The lowest BCUT2D eigenvalue weighted by Crippen LogP contribution is -2.52. The molecule has 3 aliphatic heterocycles. The van der Waals surface area contributed by atoms with E-state index in [1.165, 1.54) is 37.2 Å². The molecule has 0 radical (unpaired) electrons. The molecule has 0 spiro atoms. The Morgan fingerprint density at radius 3 is 2.66 bits per heavy atom. The molecule has 1 aliphatic carbocycles. The van der Waals surface area contributed by atoms with E-state index in [2.05, 4.69) is 30.2 Å². The number of piperidine rings is 1. The van der Waals surface area contributed by atoms with Gasteiger partial charge < -0.3 is 31.3 Å². The van der Waals surface area contributed by atoms with Crippen molar-refractivity contribution in [2.75, 3.05) is 36.8 Å². The van der Waals surface area contributed by atoms with Crippen molar-refractivity contribution >= 4 is 52.1 Å². The fourth-order valence-corrected chi connectivity index (χ4v) is 8.33. The molecule has 2 unspecified atom stereocenters. The number of aromatic nitrogens is 4. The third-order valence-electron chi connectivity index (χ3n) is 9.15. The second kappa shape index (κ2) is 12.1. The number of carbonyl (C=O) groups excluding carboxylic acids is 2. The van der Waals surface area contributed by atoms with Gasteiger partial charge in [0.25, 0.3) is 5.91 Å². The maximum absolute atomic E-state index is 13.7. The smallest absolute Gasteiger partial charge is 0.325 e. The largest absolute Gasteiger partial charge is 0.475 e. The molecule has 1 saturated carbocycles. The highest BCUT2D eigenvalue weighted by atomic mass is 32.2. The minimum Gasteiger partial charge on any atom is -0.475 e. The summed E-state index contributed by atoms with van der Waals surface area (Å²) in [6, 6.07) is 2.45. The van der Waals surface area contributed by atoms with Crippen LogP contribution >= 0.6 is 23.1 Å². The number of hydrogen-bond donors (Lipinski definition) is 3. The average molecular weight is 639 g/mol. The number of nitrogens with one attached hydrogen (secondary N) is 1. The number of fused-ring (bicyclic) bond motifs is 1. The lowest BCUT2D eigenvalue weighted by molar-refractivity contribution is 0.00688. The predicted molar refractivity (Wildman–Crippen MR) is 171 cm³/mol. The van der Waals surface area contributed by atoms with Crippen molar-refractivity contribution in [2.45, 2.75) is 75.4 Å². The van der Waals surface area contributed by atoms with Crippen LogP contribution < -0.4 is 21.7 Å². The zero-order valence-corrected chi connectivity index (χ0v) is 26.4. The maximum Gasteiger partial charge on any atom is 0.325 e. The van der Waals surface area contributed by atoms with Crippen molar-refractivity contribution in [1.29, 1.82) is 0 Å². The molecule has 0 bridgehead atoms. The van der Waals surface area contributed by atoms with Crippen LogP contribution in [0, 0.1) is 0 Å². The predicted octanol–water partition coefficient (Wildman–Crippen LogP) is 3.44. The van der Waals surface area contributed by atoms with E-state index in [9.17, 15) is 9.59 Å². The van der Waals surface area contributed by atoms with E-state index in [1.54, 1.807) is 26.6 Å². The Bertz CT molecular complexity index is 1580. The summed E-state index contributed by atoms with van der Waals surface area (Å²) in [5, 5.41) is 11.9. The molecule has 4 aliphatic rings. The molecule has 44 heavy (non-hydrogen) atoms. The van der Waals surface area contributed by atoms with Crippen LogP contribution in [-0.2, 0) is 4.74 Å². The quantitative estimate of drug-likeness (QED) is 0.350. The normalized spacial score (nSPS) is 26.0. The van der Waals surface area contributed by atoms with Gasteiger partial charge >= 0.3 is 6.03 Å². The Morgan fingerprint density at radius 2 is 1.93 bits per heavy atom. The Balaban J connectivity index is 1.03. The van der Waals surface area contributed by atoms with E-state index < -0.39 is 5.91 Å². The molecule has 234 valence electrons. The van der Waals surface area contributed by atoms with Crippen LogP contribution in [0.4, 0.5) is 16.3 Å². The number of amides is 3. The van der Waals surface area contributed by atoms with Gasteiger partial charge in [-0.1, -0.05) is 0 Å². The molecule has 2 saturated heterocycles. The van der Waals surface area contributed by atoms with Crippen molar-refractivity contribution in [3.05, 3.63) is 34.8 Å². The number of nitrogens with two attached hydrogens (primary N) is 2. The number of primary amides is 1. The van der Waals surface area contributed by atoms with Gasteiger partial charge in [-0.3, -0.25) is 9.69 Å². The summed E-state index contributed by atoms with van der Waals surface area (Å²) in [5.74, 6) is 0.417. The van der Waals surface area contributed by atoms with Gasteiger partial charge in [-0.2, -0.15) is 5.10 Å². The molecule has 3 aromatic rings. The Labute approximate surface area is 264 Å². The molecule has 6 heterocycles. The Kier molecular flexibility index (Phi) is 8.01. The summed E-state index contributed by atoms with van der Waals surface area (Å²) >= 11 is 2.93. The average Bonchev–Trinajstić information content (AvgIpc) is 3.71. The van der Waals surface area contributed by atoms with E-state index in [1.807, 2.05) is 18.4 Å². The molecule has 3 aromatic heterocycles. The van der Waals surface area contributed by atoms with Crippen molar-refractivity contribution in [3.8, 4) is 10.7 Å². The summed E-state index contributed by atoms with van der Waals surface area (Å²) in [6.45, 7) is 5.88. The standard InChI is InChI=1S/C29H38N10O3S2/c1-17-38(24(15-43-17)42-20-7-5-19(6-8-20)36-10-3-11-36)29(41)34-18-4-2-9-37(13-18)22-12-23(28-35-21(14-44-28)27(31)40)39-25(22)26(30)32-16-33-39/h12,14-20H,2-11,13H2,1H3,(H2,31,40)(H,34,41)(H2,30,32,33). The number of urea groups is 1. The highest BCUT2D eigenvalue weighted by Crippen LogP contribution is 2.38. The number of ether oxygens (including phenoxy) is 1. The molecular weight excluding hydrogens is 601 g/mol. The van der Waals surface area contributed by atoms with Gasteiger partial charge in [-0.05, 0) is 71.0 Å². The fourth-order valence-electron chi connectivity index (χ4n) is 6.71. The van der Waals surface area contributed by atoms with Crippen LogP contribution in [0.1, 0.15) is 62.4 Å². The van der Waals surface area contributed by atoms with Gasteiger partial charge in [0.1, 0.15) is 34.3 Å². The SMILES string of the molecule is CC1SC=C(OC2CCC(N3CCC3)CC2)N1C(=O)NC1CCCN(c2cc(-c3nc(C(N)=O)cs3)n3ncnc(N)c23)C1. The van der Waals surface area contributed by atoms with Crippen LogP contribution in [0.5, 0.6) is 0 Å². The van der Waals surface area contributed by atoms with E-state index in [4.69, 9.17) is 16.2 Å². The number of hydrogen-bond acceptors (Lipinski definition) is 11. The Hall–Kier alpha value is -3.56. The summed E-state index contributed by atoms with van der Waals surface area (Å²) in [6.07, 6.45) is 8.97. The van der Waals surface area contributed by atoms with E-state index in [-0.39, 0.29) is 29.2 Å². The minimum atomic E-state index is -0.582. The van der Waals surface area contributed by atoms with Gasteiger partial charge in [0, 0.05) is 36.0 Å². The first-order valence-corrected chi connectivity index (χ1v) is 17.2. The van der Waals surface area contributed by atoms with Gasteiger partial charge in [0.05, 0.1) is 11.1 Å². The van der Waals surface area contributed by atoms with Crippen molar-refractivity contribution in [3.63, 3.8) is 0 Å². The second-order valence-electron chi connectivity index (χ2n) is 12.0. The zero-order valence-electron chi connectivity index (χ0n) is 24.7. The molecule has 5 N–H and O–H groups in total. The Morgan fingerprint density at radius 1 is 1.11 bits per heavy atom. The van der Waals surface area contributed by atoms with E-state index in [0.29, 0.717) is 40.5 Å². The van der Waals surface area contributed by atoms with Gasteiger partial charge in [0.2, 0.25) is 5.88 Å². The van der Waals surface area contributed by atoms with Crippen LogP contribution in [-0.4, -0.2) is 91.1 Å². The van der Waals surface area contributed by atoms with Crippen molar-refractivity contribution < 1.29 is 14.3 Å². The second-order valence-corrected chi connectivity index (χ2v) is 14.0. The molecule has 15 heteroatoms. The van der Waals surface area contributed by atoms with Crippen molar-refractivity contribution in [1.82, 2.24) is 34.7 Å². The van der Waals surface area contributed by atoms with Crippen molar-refractivity contribution in [2.24, 2.45) is 5.73 Å². The molecule has 2 atom stereocenters. The number of anilines is 2. The maximum atomic E-state index is 13.7.